The molecule has 0 unspecified atom stereocenters. The number of nitrogens with two attached hydrogens (primary N) is 1. The van der Waals surface area contributed by atoms with Crippen LogP contribution in [0.4, 0.5) is 5.69 Å². The Hall–Kier alpha value is -2.61. The Morgan fingerprint density at radius 2 is 1.95 bits per heavy atom. The molecule has 0 saturated carbocycles. The minimum Gasteiger partial charge on any atom is -0.497 e. The van der Waals surface area contributed by atoms with E-state index in [0.29, 0.717) is 6.54 Å². The largest absolute Gasteiger partial charge is 0.497 e. The van der Waals surface area contributed by atoms with Crippen molar-refractivity contribution in [3.05, 3.63) is 40.4 Å². The molecule has 0 aliphatic carbocycles. The highest BCUT2D eigenvalue weighted by molar-refractivity contribution is 7.09. The fourth-order valence-electron chi connectivity index (χ4n) is 1.75. The zero-order chi connectivity index (χ0) is 16.1. The highest BCUT2D eigenvalue weighted by Gasteiger charge is 2.21. The SMILES string of the molecule is CNC(=O)c1nsc(C(=O)NCc2ccc(OC)cc2)c1N. The molecule has 0 aliphatic heterocycles. The van der Waals surface area contributed by atoms with E-state index in [4.69, 9.17) is 10.5 Å². The van der Waals surface area contributed by atoms with E-state index in [1.807, 2.05) is 24.3 Å². The fourth-order valence-corrected chi connectivity index (χ4v) is 2.46. The molecule has 0 spiro atoms. The van der Waals surface area contributed by atoms with Crippen molar-refractivity contribution in [3.63, 3.8) is 0 Å². The van der Waals surface area contributed by atoms with E-state index in [1.165, 1.54) is 7.05 Å². The lowest BCUT2D eigenvalue weighted by molar-refractivity contribution is 0.0954. The van der Waals surface area contributed by atoms with Crippen LogP contribution < -0.4 is 21.1 Å². The van der Waals surface area contributed by atoms with Gasteiger partial charge in [-0.2, -0.15) is 4.37 Å². The average Bonchev–Trinajstić information content (AvgIpc) is 2.94. The number of benzene rings is 1. The highest BCUT2D eigenvalue weighted by Crippen LogP contribution is 2.21. The Balaban J connectivity index is 2.03. The number of hydrogen-bond donors (Lipinski definition) is 3. The molecular formula is C14H16N4O3S. The van der Waals surface area contributed by atoms with Gasteiger partial charge in [0.1, 0.15) is 10.6 Å². The second-order valence-corrected chi connectivity index (χ2v) is 5.16. The fraction of sp³-hybridized carbons (Fsp3) is 0.214. The summed E-state index contributed by atoms with van der Waals surface area (Å²) < 4.78 is 8.98. The summed E-state index contributed by atoms with van der Waals surface area (Å²) in [6.45, 7) is 0.343. The first-order valence-electron chi connectivity index (χ1n) is 6.45. The molecule has 1 aromatic heterocycles. The van der Waals surface area contributed by atoms with Gasteiger partial charge in [0.05, 0.1) is 12.8 Å². The van der Waals surface area contributed by atoms with Gasteiger partial charge in [-0.1, -0.05) is 12.1 Å². The molecule has 0 aliphatic rings. The molecule has 8 heteroatoms. The number of amides is 2. The lowest BCUT2D eigenvalue weighted by Crippen LogP contribution is -2.24. The summed E-state index contributed by atoms with van der Waals surface area (Å²) in [5, 5.41) is 5.17. The van der Waals surface area contributed by atoms with E-state index >= 15 is 0 Å². The Kier molecular flexibility index (Phi) is 4.95. The molecule has 1 aromatic carbocycles. The first-order valence-corrected chi connectivity index (χ1v) is 7.22. The summed E-state index contributed by atoms with van der Waals surface area (Å²) in [6.07, 6.45) is 0. The molecule has 7 nitrogen and oxygen atoms in total. The molecule has 1 heterocycles. The predicted molar refractivity (Wildman–Crippen MR) is 84.1 cm³/mol. The first kappa shape index (κ1) is 15.8. The summed E-state index contributed by atoms with van der Waals surface area (Å²) in [5.41, 5.74) is 6.88. The molecule has 22 heavy (non-hydrogen) atoms. The summed E-state index contributed by atoms with van der Waals surface area (Å²) in [4.78, 5) is 23.9. The second-order valence-electron chi connectivity index (χ2n) is 4.38. The van der Waals surface area contributed by atoms with Crippen LogP contribution in [0.2, 0.25) is 0 Å². The maximum Gasteiger partial charge on any atom is 0.272 e. The van der Waals surface area contributed by atoms with Crippen molar-refractivity contribution in [2.75, 3.05) is 19.9 Å². The van der Waals surface area contributed by atoms with Crippen LogP contribution in [0.25, 0.3) is 0 Å². The van der Waals surface area contributed by atoms with Gasteiger partial charge in [0.25, 0.3) is 11.8 Å². The molecule has 0 saturated heterocycles. The van der Waals surface area contributed by atoms with Crippen LogP contribution in [0.1, 0.15) is 25.7 Å². The van der Waals surface area contributed by atoms with E-state index < -0.39 is 5.91 Å². The number of nitrogens with zero attached hydrogens (tertiary/aromatic N) is 1. The van der Waals surface area contributed by atoms with Crippen LogP contribution in [0.5, 0.6) is 5.75 Å². The molecule has 2 aromatic rings. The number of methoxy groups -OCH3 is 1. The Morgan fingerprint density at radius 3 is 2.55 bits per heavy atom. The third-order valence-corrected chi connectivity index (χ3v) is 3.85. The van der Waals surface area contributed by atoms with Gasteiger partial charge >= 0.3 is 0 Å². The minimum atomic E-state index is -0.414. The van der Waals surface area contributed by atoms with Crippen molar-refractivity contribution in [2.45, 2.75) is 6.54 Å². The third-order valence-electron chi connectivity index (χ3n) is 2.99. The number of carbonyl (C=O) groups is 2. The Morgan fingerprint density at radius 1 is 1.27 bits per heavy atom. The lowest BCUT2D eigenvalue weighted by Gasteiger charge is -2.05. The molecule has 0 bridgehead atoms. The van der Waals surface area contributed by atoms with Gasteiger partial charge in [-0.25, -0.2) is 0 Å². The topological polar surface area (TPSA) is 106 Å². The molecule has 2 rings (SSSR count). The van der Waals surface area contributed by atoms with Crippen LogP contribution in [-0.4, -0.2) is 30.3 Å². The van der Waals surface area contributed by atoms with Crippen LogP contribution in [0.15, 0.2) is 24.3 Å². The normalized spacial score (nSPS) is 10.1. The number of rotatable bonds is 5. The van der Waals surface area contributed by atoms with Gasteiger partial charge in [-0.3, -0.25) is 9.59 Å². The number of ether oxygens (including phenoxy) is 1. The van der Waals surface area contributed by atoms with Gasteiger partial charge in [0, 0.05) is 13.6 Å². The number of nitrogens with one attached hydrogen (secondary N) is 2. The number of nitrogen functional groups attached to an aromatic ring is 1. The average molecular weight is 320 g/mol. The monoisotopic (exact) mass is 320 g/mol. The molecular weight excluding hydrogens is 304 g/mol. The molecule has 4 N–H and O–H groups in total. The molecule has 0 atom stereocenters. The Bertz CT molecular complexity index is 682. The smallest absolute Gasteiger partial charge is 0.272 e. The molecule has 116 valence electrons. The number of carbonyl (C=O) groups excluding carboxylic acids is 2. The predicted octanol–water partition coefficient (Wildman–Crippen LogP) is 1.02. The zero-order valence-corrected chi connectivity index (χ0v) is 13.0. The van der Waals surface area contributed by atoms with Crippen LogP contribution in [0.3, 0.4) is 0 Å². The summed E-state index contributed by atoms with van der Waals surface area (Å²) in [5.74, 6) is -0.0269. The van der Waals surface area contributed by atoms with Crippen molar-refractivity contribution in [3.8, 4) is 5.75 Å². The number of anilines is 1. The molecule has 0 fully saturated rings. The van der Waals surface area contributed by atoms with Crippen LogP contribution >= 0.6 is 11.5 Å². The van der Waals surface area contributed by atoms with Gasteiger partial charge in [0.2, 0.25) is 0 Å². The standard InChI is InChI=1S/C14H16N4O3S/c1-16-13(19)11-10(15)12(22-18-11)14(20)17-7-8-3-5-9(21-2)6-4-8/h3-6H,7,15H2,1-2H3,(H,16,19)(H,17,20). The highest BCUT2D eigenvalue weighted by atomic mass is 32.1. The van der Waals surface area contributed by atoms with Gasteiger partial charge in [-0.15, -0.1) is 0 Å². The lowest BCUT2D eigenvalue weighted by atomic mass is 10.2. The van der Waals surface area contributed by atoms with E-state index in [1.54, 1.807) is 7.11 Å². The van der Waals surface area contributed by atoms with Crippen molar-refractivity contribution in [1.29, 1.82) is 0 Å². The second kappa shape index (κ2) is 6.90. The van der Waals surface area contributed by atoms with E-state index in [2.05, 4.69) is 15.0 Å². The number of hydrogen-bond acceptors (Lipinski definition) is 6. The van der Waals surface area contributed by atoms with Gasteiger partial charge in [0.15, 0.2) is 5.69 Å². The van der Waals surface area contributed by atoms with Gasteiger partial charge < -0.3 is 21.1 Å². The van der Waals surface area contributed by atoms with E-state index in [9.17, 15) is 9.59 Å². The Labute approximate surface area is 131 Å². The van der Waals surface area contributed by atoms with Crippen molar-refractivity contribution in [2.24, 2.45) is 0 Å². The van der Waals surface area contributed by atoms with Crippen molar-refractivity contribution in [1.82, 2.24) is 15.0 Å². The molecule has 0 radical (unpaired) electrons. The summed E-state index contributed by atoms with van der Waals surface area (Å²) in [7, 11) is 3.07. The van der Waals surface area contributed by atoms with Crippen molar-refractivity contribution >= 4 is 29.0 Å². The van der Waals surface area contributed by atoms with E-state index in [-0.39, 0.29) is 22.2 Å². The van der Waals surface area contributed by atoms with Crippen LogP contribution in [-0.2, 0) is 6.54 Å². The first-order chi connectivity index (χ1) is 10.6. The quantitative estimate of drug-likeness (QED) is 0.763. The van der Waals surface area contributed by atoms with Crippen LogP contribution in [0, 0.1) is 0 Å². The van der Waals surface area contributed by atoms with Crippen molar-refractivity contribution < 1.29 is 14.3 Å². The van der Waals surface area contributed by atoms with Gasteiger partial charge in [-0.05, 0) is 29.2 Å². The maximum atomic E-state index is 12.1. The minimum absolute atomic E-state index is 0.0714. The summed E-state index contributed by atoms with van der Waals surface area (Å²) >= 11 is 0.901. The summed E-state index contributed by atoms with van der Waals surface area (Å²) in [6, 6.07) is 7.33. The molecule has 2 amide bonds. The zero-order valence-electron chi connectivity index (χ0n) is 12.2. The maximum absolute atomic E-state index is 12.1. The number of aromatic nitrogens is 1. The van der Waals surface area contributed by atoms with E-state index in [0.717, 1.165) is 22.8 Å². The third kappa shape index (κ3) is 3.34.